The fraction of sp³-hybridized carbons (Fsp3) is 0.200. The molecule has 0 aliphatic heterocycles. The Hall–Kier alpha value is -2.89. The summed E-state index contributed by atoms with van der Waals surface area (Å²) in [4.78, 5) is 22.0. The maximum Gasteiger partial charge on any atom is 0.261 e. The maximum absolute atomic E-state index is 13.7. The predicted molar refractivity (Wildman–Crippen MR) is 152 cm³/mol. The van der Waals surface area contributed by atoms with Crippen molar-refractivity contribution in [2.75, 3.05) is 43.9 Å². The molecule has 1 amide bonds. The number of nitrogens with one attached hydrogen (secondary N) is 1. The van der Waals surface area contributed by atoms with E-state index < -0.39 is 10.0 Å². The van der Waals surface area contributed by atoms with Gasteiger partial charge in [0.15, 0.2) is 5.13 Å². The molecule has 37 heavy (non-hydrogen) atoms. The first-order valence-corrected chi connectivity index (χ1v) is 13.6. The molecule has 0 radical (unpaired) electrons. The average molecular weight is 582 g/mol. The molecule has 0 aliphatic carbocycles. The fourth-order valence-corrected chi connectivity index (χ4v) is 5.84. The highest BCUT2D eigenvalue weighted by Crippen LogP contribution is 2.39. The Morgan fingerprint density at radius 3 is 2.46 bits per heavy atom. The number of ether oxygens (including phenoxy) is 1. The molecule has 8 nitrogen and oxygen atoms in total. The molecule has 4 rings (SSSR count). The van der Waals surface area contributed by atoms with Crippen LogP contribution in [0.15, 0.2) is 71.6 Å². The molecule has 0 unspecified atom stereocenters. The van der Waals surface area contributed by atoms with Crippen LogP contribution < -0.4 is 14.4 Å². The van der Waals surface area contributed by atoms with Crippen molar-refractivity contribution in [3.8, 4) is 5.75 Å². The number of anilines is 2. The number of nitrogens with zero attached hydrogens (tertiary/aromatic N) is 3. The Bertz CT molecular complexity index is 1500. The third-order valence-corrected chi connectivity index (χ3v) is 8.27. The van der Waals surface area contributed by atoms with Crippen LogP contribution in [0.2, 0.25) is 5.02 Å². The van der Waals surface area contributed by atoms with Gasteiger partial charge in [-0.2, -0.15) is 0 Å². The molecule has 0 spiro atoms. The van der Waals surface area contributed by atoms with Crippen molar-refractivity contribution in [3.05, 3.63) is 77.3 Å². The molecule has 1 N–H and O–H groups in total. The predicted octanol–water partition coefficient (Wildman–Crippen LogP) is 5.39. The molecule has 4 aromatic rings. The summed E-state index contributed by atoms with van der Waals surface area (Å²) in [5.41, 5.74) is 1.18. The lowest BCUT2D eigenvalue weighted by molar-refractivity contribution is 0.0985. The molecule has 1 heterocycles. The SMILES string of the molecule is COc1ccc(Cl)c2sc(N(CCN(C)C)C(=O)c3cccc(NS(=O)(=O)c4ccccc4)c3)nc12.Cl. The smallest absolute Gasteiger partial charge is 0.261 e. The summed E-state index contributed by atoms with van der Waals surface area (Å²) >= 11 is 7.70. The molecule has 0 aliphatic rings. The first kappa shape index (κ1) is 28.7. The monoisotopic (exact) mass is 580 g/mol. The Balaban J connectivity index is 0.00000380. The fourth-order valence-electron chi connectivity index (χ4n) is 3.49. The number of rotatable bonds is 9. The van der Waals surface area contributed by atoms with Crippen LogP contribution >= 0.6 is 35.3 Å². The lowest BCUT2D eigenvalue weighted by Crippen LogP contribution is -2.36. The van der Waals surface area contributed by atoms with E-state index in [1.807, 2.05) is 19.0 Å². The molecule has 0 saturated heterocycles. The Morgan fingerprint density at radius 1 is 1.05 bits per heavy atom. The van der Waals surface area contributed by atoms with Gasteiger partial charge in [-0.05, 0) is 56.6 Å². The van der Waals surface area contributed by atoms with Gasteiger partial charge >= 0.3 is 0 Å². The summed E-state index contributed by atoms with van der Waals surface area (Å²) in [6.45, 7) is 0.957. The van der Waals surface area contributed by atoms with E-state index in [2.05, 4.69) is 9.71 Å². The van der Waals surface area contributed by atoms with Crippen molar-refractivity contribution in [2.24, 2.45) is 0 Å². The van der Waals surface area contributed by atoms with Gasteiger partial charge < -0.3 is 9.64 Å². The molecule has 12 heteroatoms. The number of benzene rings is 3. The number of thiazole rings is 1. The number of hydrogen-bond donors (Lipinski definition) is 1. The minimum atomic E-state index is -3.80. The van der Waals surface area contributed by atoms with Crippen LogP contribution in [0.5, 0.6) is 5.75 Å². The van der Waals surface area contributed by atoms with Crippen molar-refractivity contribution < 1.29 is 17.9 Å². The van der Waals surface area contributed by atoms with Crippen molar-refractivity contribution >= 4 is 72.3 Å². The third-order valence-electron chi connectivity index (χ3n) is 5.33. The van der Waals surface area contributed by atoms with Crippen LogP contribution in [0.3, 0.4) is 0 Å². The summed E-state index contributed by atoms with van der Waals surface area (Å²) in [6, 6.07) is 17.9. The molecule has 3 aromatic carbocycles. The van der Waals surface area contributed by atoms with Crippen LogP contribution in [-0.4, -0.2) is 58.5 Å². The van der Waals surface area contributed by atoms with E-state index in [0.717, 1.165) is 4.70 Å². The highest BCUT2D eigenvalue weighted by molar-refractivity contribution is 7.92. The number of amides is 1. The van der Waals surface area contributed by atoms with Gasteiger partial charge in [-0.25, -0.2) is 13.4 Å². The Kier molecular flexibility index (Phi) is 9.38. The van der Waals surface area contributed by atoms with E-state index in [1.165, 1.54) is 29.5 Å². The number of likely N-dealkylation sites (N-methyl/N-ethyl adjacent to an activating group) is 1. The molecule has 0 bridgehead atoms. The van der Waals surface area contributed by atoms with Crippen LogP contribution in [0.1, 0.15) is 10.4 Å². The molecule has 0 saturated carbocycles. The Labute approximate surface area is 231 Å². The number of carbonyl (C=O) groups is 1. The molecular formula is C25H26Cl2N4O4S2. The van der Waals surface area contributed by atoms with Crippen molar-refractivity contribution in [2.45, 2.75) is 4.90 Å². The van der Waals surface area contributed by atoms with Crippen LogP contribution in [0.25, 0.3) is 10.2 Å². The van der Waals surface area contributed by atoms with E-state index in [1.54, 1.807) is 60.5 Å². The van der Waals surface area contributed by atoms with Gasteiger partial charge in [-0.1, -0.05) is 47.2 Å². The van der Waals surface area contributed by atoms with E-state index in [0.29, 0.717) is 40.1 Å². The van der Waals surface area contributed by atoms with E-state index in [9.17, 15) is 13.2 Å². The van der Waals surface area contributed by atoms with Gasteiger partial charge in [0, 0.05) is 24.3 Å². The van der Waals surface area contributed by atoms with E-state index >= 15 is 0 Å². The van der Waals surface area contributed by atoms with Gasteiger partial charge in [0.05, 0.1) is 21.7 Å². The van der Waals surface area contributed by atoms with Crippen LogP contribution in [-0.2, 0) is 10.0 Å². The number of fused-ring (bicyclic) bond motifs is 1. The lowest BCUT2D eigenvalue weighted by atomic mass is 10.2. The molecule has 0 fully saturated rings. The zero-order valence-electron chi connectivity index (χ0n) is 20.3. The van der Waals surface area contributed by atoms with E-state index in [4.69, 9.17) is 16.3 Å². The molecule has 1 aromatic heterocycles. The first-order valence-electron chi connectivity index (χ1n) is 11.0. The minimum absolute atomic E-state index is 0. The van der Waals surface area contributed by atoms with Crippen molar-refractivity contribution in [1.82, 2.24) is 9.88 Å². The third kappa shape index (κ3) is 6.52. The normalized spacial score (nSPS) is 11.3. The van der Waals surface area contributed by atoms with Gasteiger partial charge in [-0.15, -0.1) is 12.4 Å². The number of halogens is 2. The number of methoxy groups -OCH3 is 1. The van der Waals surface area contributed by atoms with Gasteiger partial charge in [0.25, 0.3) is 15.9 Å². The second-order valence-corrected chi connectivity index (χ2v) is 11.3. The molecule has 196 valence electrons. The van der Waals surface area contributed by atoms with Gasteiger partial charge in [-0.3, -0.25) is 14.4 Å². The average Bonchev–Trinajstić information content (AvgIpc) is 3.31. The van der Waals surface area contributed by atoms with Crippen LogP contribution in [0.4, 0.5) is 10.8 Å². The summed E-state index contributed by atoms with van der Waals surface area (Å²) in [5, 5.41) is 0.991. The highest BCUT2D eigenvalue weighted by Gasteiger charge is 2.24. The first-order chi connectivity index (χ1) is 17.2. The largest absolute Gasteiger partial charge is 0.494 e. The number of hydrogen-bond acceptors (Lipinski definition) is 7. The summed E-state index contributed by atoms with van der Waals surface area (Å²) in [5.74, 6) is 0.251. The van der Waals surface area contributed by atoms with Crippen molar-refractivity contribution in [1.29, 1.82) is 0 Å². The molecular weight excluding hydrogens is 555 g/mol. The zero-order chi connectivity index (χ0) is 25.9. The second kappa shape index (κ2) is 12.1. The quantitative estimate of drug-likeness (QED) is 0.285. The van der Waals surface area contributed by atoms with Gasteiger partial charge in [0.2, 0.25) is 0 Å². The highest BCUT2D eigenvalue weighted by atomic mass is 35.5. The summed E-state index contributed by atoms with van der Waals surface area (Å²) in [6.07, 6.45) is 0. The topological polar surface area (TPSA) is 91.8 Å². The standard InChI is InChI=1S/C25H25ClN4O4S2.ClH/c1-29(2)14-15-30(25-27-22-21(34-3)13-12-20(26)23(22)35-25)24(31)17-8-7-9-18(16-17)28-36(32,33)19-10-5-4-6-11-19;/h4-13,16,28H,14-15H2,1-3H3;1H. The van der Waals surface area contributed by atoms with Crippen molar-refractivity contribution in [3.63, 3.8) is 0 Å². The minimum Gasteiger partial charge on any atom is -0.494 e. The number of aromatic nitrogens is 1. The Morgan fingerprint density at radius 2 is 1.78 bits per heavy atom. The maximum atomic E-state index is 13.7. The summed E-state index contributed by atoms with van der Waals surface area (Å²) < 4.78 is 34.2. The number of sulfonamides is 1. The zero-order valence-corrected chi connectivity index (χ0v) is 23.5. The number of carbonyl (C=O) groups excluding carboxylic acids is 1. The lowest BCUT2D eigenvalue weighted by Gasteiger charge is -2.22. The van der Waals surface area contributed by atoms with Crippen LogP contribution in [0, 0.1) is 0 Å². The van der Waals surface area contributed by atoms with Gasteiger partial charge in [0.1, 0.15) is 11.3 Å². The molecule has 0 atom stereocenters. The summed E-state index contributed by atoms with van der Waals surface area (Å²) in [7, 11) is 1.59. The second-order valence-electron chi connectivity index (χ2n) is 8.18. The van der Waals surface area contributed by atoms with E-state index in [-0.39, 0.29) is 28.9 Å².